The molecule has 0 aromatic rings. The second-order valence-electron chi connectivity index (χ2n) is 2.07. The summed E-state index contributed by atoms with van der Waals surface area (Å²) < 4.78 is 0. The van der Waals surface area contributed by atoms with Gasteiger partial charge in [-0.15, -0.1) is 0 Å². The number of carbonyl (C=O) groups is 1. The number of carboxylic acids is 1. The van der Waals surface area contributed by atoms with Crippen LogP contribution in [-0.4, -0.2) is 34.0 Å². The van der Waals surface area contributed by atoms with Crippen LogP contribution in [-0.2, 0) is 4.79 Å². The molecule has 0 bridgehead atoms. The molecule has 1 atom stereocenters. The number of rotatable bonds is 5. The molecule has 0 amide bonds. The fourth-order valence-corrected chi connectivity index (χ4v) is 0.518. The molecular formula is C7H12O4. The van der Waals surface area contributed by atoms with Crippen LogP contribution in [0.5, 0.6) is 0 Å². The van der Waals surface area contributed by atoms with Crippen molar-refractivity contribution in [2.45, 2.75) is 18.9 Å². The van der Waals surface area contributed by atoms with Crippen molar-refractivity contribution in [3.8, 4) is 0 Å². The summed E-state index contributed by atoms with van der Waals surface area (Å²) in [6, 6.07) is 0. The molecular weight excluding hydrogens is 148 g/mol. The summed E-state index contributed by atoms with van der Waals surface area (Å²) in [5.41, 5.74) is 0. The van der Waals surface area contributed by atoms with Crippen molar-refractivity contribution in [2.75, 3.05) is 6.61 Å². The van der Waals surface area contributed by atoms with E-state index in [0.29, 0.717) is 6.42 Å². The number of carboxylic acid groups (broad SMARTS) is 1. The Hall–Kier alpha value is -0.870. The lowest BCUT2D eigenvalue weighted by atomic mass is 10.2. The molecule has 0 saturated carbocycles. The third kappa shape index (κ3) is 5.57. The summed E-state index contributed by atoms with van der Waals surface area (Å²) >= 11 is 0. The van der Waals surface area contributed by atoms with E-state index in [2.05, 4.69) is 0 Å². The number of hydrogen-bond acceptors (Lipinski definition) is 3. The smallest absolute Gasteiger partial charge is 0.332 e. The Morgan fingerprint density at radius 3 is 2.55 bits per heavy atom. The van der Waals surface area contributed by atoms with Crippen LogP contribution in [0.1, 0.15) is 12.8 Å². The van der Waals surface area contributed by atoms with Gasteiger partial charge >= 0.3 is 5.97 Å². The normalized spacial score (nSPS) is 13.6. The van der Waals surface area contributed by atoms with Crippen molar-refractivity contribution in [3.63, 3.8) is 0 Å². The first-order valence-electron chi connectivity index (χ1n) is 3.35. The molecule has 4 nitrogen and oxygen atoms in total. The second kappa shape index (κ2) is 5.88. The highest BCUT2D eigenvalue weighted by Crippen LogP contribution is 1.93. The molecule has 0 spiro atoms. The maximum Gasteiger partial charge on any atom is 0.332 e. The molecule has 4 heteroatoms. The average molecular weight is 160 g/mol. The number of aliphatic carboxylic acids is 1. The van der Waals surface area contributed by atoms with E-state index in [0.717, 1.165) is 0 Å². The van der Waals surface area contributed by atoms with E-state index in [-0.39, 0.29) is 13.0 Å². The molecule has 0 heterocycles. The second-order valence-corrected chi connectivity index (χ2v) is 2.07. The van der Waals surface area contributed by atoms with Gasteiger partial charge in [-0.05, 0) is 6.42 Å². The summed E-state index contributed by atoms with van der Waals surface area (Å²) in [4.78, 5) is 10.0. The van der Waals surface area contributed by atoms with E-state index in [1.165, 1.54) is 6.08 Å². The molecule has 0 aliphatic rings. The van der Waals surface area contributed by atoms with Gasteiger partial charge in [-0.1, -0.05) is 12.2 Å². The van der Waals surface area contributed by atoms with E-state index >= 15 is 0 Å². The topological polar surface area (TPSA) is 77.8 Å². The molecule has 0 aliphatic carbocycles. The highest BCUT2D eigenvalue weighted by molar-refractivity contribution is 5.72. The lowest BCUT2D eigenvalue weighted by Crippen LogP contribution is -2.17. The molecule has 11 heavy (non-hydrogen) atoms. The van der Waals surface area contributed by atoms with Gasteiger partial charge in [-0.25, -0.2) is 4.79 Å². The van der Waals surface area contributed by atoms with E-state index in [1.807, 2.05) is 0 Å². The first-order valence-corrected chi connectivity index (χ1v) is 3.35. The molecule has 0 fully saturated rings. The van der Waals surface area contributed by atoms with Gasteiger partial charge in [0.1, 0.15) is 0 Å². The predicted molar refractivity (Wildman–Crippen MR) is 39.1 cm³/mol. The quantitative estimate of drug-likeness (QED) is 0.485. The molecule has 64 valence electrons. The number of aliphatic hydroxyl groups is 2. The van der Waals surface area contributed by atoms with Gasteiger partial charge in [0, 0.05) is 13.0 Å². The molecule has 0 aromatic heterocycles. The maximum atomic E-state index is 10.0. The standard InChI is InChI=1S/C7H12O4/c8-5-3-1-2-4-6(9)7(10)11/h1-2,6,8-9H,3-5H2,(H,10,11). The van der Waals surface area contributed by atoms with Gasteiger partial charge in [0.15, 0.2) is 6.10 Å². The lowest BCUT2D eigenvalue weighted by Gasteiger charge is -1.98. The minimum Gasteiger partial charge on any atom is -0.479 e. The summed E-state index contributed by atoms with van der Waals surface area (Å²) in [6.07, 6.45) is 2.42. The fourth-order valence-electron chi connectivity index (χ4n) is 0.518. The molecule has 3 N–H and O–H groups in total. The molecule has 0 saturated heterocycles. The Morgan fingerprint density at radius 1 is 1.45 bits per heavy atom. The maximum absolute atomic E-state index is 10.0. The van der Waals surface area contributed by atoms with Crippen molar-refractivity contribution in [3.05, 3.63) is 12.2 Å². The van der Waals surface area contributed by atoms with Crippen molar-refractivity contribution >= 4 is 5.97 Å². The van der Waals surface area contributed by atoms with Crippen LogP contribution in [0.25, 0.3) is 0 Å². The van der Waals surface area contributed by atoms with Crippen LogP contribution in [0.3, 0.4) is 0 Å². The first kappa shape index (κ1) is 10.1. The summed E-state index contributed by atoms with van der Waals surface area (Å²) in [7, 11) is 0. The summed E-state index contributed by atoms with van der Waals surface area (Å²) in [5.74, 6) is -1.22. The molecule has 0 rings (SSSR count). The third-order valence-electron chi connectivity index (χ3n) is 1.11. The Bertz CT molecular complexity index is 141. The highest BCUT2D eigenvalue weighted by atomic mass is 16.4. The zero-order valence-electron chi connectivity index (χ0n) is 6.10. The summed E-state index contributed by atoms with van der Waals surface area (Å²) in [5, 5.41) is 25.2. The van der Waals surface area contributed by atoms with Gasteiger partial charge in [0.25, 0.3) is 0 Å². The van der Waals surface area contributed by atoms with Crippen LogP contribution in [0.2, 0.25) is 0 Å². The minimum atomic E-state index is -1.33. The van der Waals surface area contributed by atoms with Gasteiger partial charge in [-0.2, -0.15) is 0 Å². The van der Waals surface area contributed by atoms with Gasteiger partial charge < -0.3 is 15.3 Å². The van der Waals surface area contributed by atoms with Crippen LogP contribution in [0.4, 0.5) is 0 Å². The van der Waals surface area contributed by atoms with Gasteiger partial charge in [-0.3, -0.25) is 0 Å². The monoisotopic (exact) mass is 160 g/mol. The van der Waals surface area contributed by atoms with E-state index in [9.17, 15) is 4.79 Å². The first-order chi connectivity index (χ1) is 5.18. The van der Waals surface area contributed by atoms with Crippen LogP contribution in [0.15, 0.2) is 12.2 Å². The van der Waals surface area contributed by atoms with Crippen molar-refractivity contribution in [2.24, 2.45) is 0 Å². The van der Waals surface area contributed by atoms with E-state index < -0.39 is 12.1 Å². The van der Waals surface area contributed by atoms with Gasteiger partial charge in [0.05, 0.1) is 0 Å². The predicted octanol–water partition coefficient (Wildman–Crippen LogP) is -0.239. The van der Waals surface area contributed by atoms with Crippen LogP contribution < -0.4 is 0 Å². The van der Waals surface area contributed by atoms with Crippen LogP contribution in [0, 0.1) is 0 Å². The Balaban J connectivity index is 3.44. The summed E-state index contributed by atoms with van der Waals surface area (Å²) in [6.45, 7) is 0.0413. The number of hydrogen-bond donors (Lipinski definition) is 3. The highest BCUT2D eigenvalue weighted by Gasteiger charge is 2.09. The van der Waals surface area contributed by atoms with Crippen molar-refractivity contribution in [1.29, 1.82) is 0 Å². The Kier molecular flexibility index (Phi) is 5.42. The largest absolute Gasteiger partial charge is 0.479 e. The Morgan fingerprint density at radius 2 is 2.09 bits per heavy atom. The lowest BCUT2D eigenvalue weighted by molar-refractivity contribution is -0.146. The zero-order valence-corrected chi connectivity index (χ0v) is 6.10. The molecule has 0 aromatic carbocycles. The van der Waals surface area contributed by atoms with Crippen molar-refractivity contribution < 1.29 is 20.1 Å². The molecule has 1 unspecified atom stereocenters. The van der Waals surface area contributed by atoms with Gasteiger partial charge in [0.2, 0.25) is 0 Å². The Labute approximate surface area is 64.8 Å². The SMILES string of the molecule is O=C(O)C(O)CC=CCCO. The minimum absolute atomic E-state index is 0.0413. The van der Waals surface area contributed by atoms with Crippen LogP contribution >= 0.6 is 0 Å². The van der Waals surface area contributed by atoms with E-state index in [1.54, 1.807) is 6.08 Å². The number of aliphatic hydroxyl groups excluding tert-OH is 2. The van der Waals surface area contributed by atoms with Crippen molar-refractivity contribution in [1.82, 2.24) is 0 Å². The fraction of sp³-hybridized carbons (Fsp3) is 0.571. The zero-order chi connectivity index (χ0) is 8.69. The third-order valence-corrected chi connectivity index (χ3v) is 1.11. The molecule has 0 radical (unpaired) electrons. The molecule has 0 aliphatic heterocycles. The average Bonchev–Trinajstić information content (AvgIpc) is 1.97. The van der Waals surface area contributed by atoms with E-state index in [4.69, 9.17) is 15.3 Å².